The number of anilines is 1. The third-order valence-electron chi connectivity index (χ3n) is 2.77. The fourth-order valence-electron chi connectivity index (χ4n) is 1.71. The van der Waals surface area contributed by atoms with Gasteiger partial charge in [0.15, 0.2) is 0 Å². The zero-order chi connectivity index (χ0) is 15.2. The molecule has 0 saturated heterocycles. The van der Waals surface area contributed by atoms with E-state index in [1.165, 1.54) is 12.1 Å². The van der Waals surface area contributed by atoms with Gasteiger partial charge in [0, 0.05) is 18.3 Å². The normalized spacial score (nSPS) is 9.86. The summed E-state index contributed by atoms with van der Waals surface area (Å²) < 4.78 is 15.5. The van der Waals surface area contributed by atoms with Crippen LogP contribution in [-0.4, -0.2) is 22.2 Å². The molecule has 0 fully saturated rings. The Morgan fingerprint density at radius 2 is 2.33 bits per heavy atom. The van der Waals surface area contributed by atoms with Crippen LogP contribution in [0.2, 0.25) is 0 Å². The second-order valence-electron chi connectivity index (χ2n) is 4.24. The number of nitrogens with zero attached hydrogens (tertiary/aromatic N) is 2. The Labute approximate surface area is 122 Å². The number of nitrogens with two attached hydrogens (primary N) is 1. The number of nitrogens with one attached hydrogen (secondary N) is 1. The summed E-state index contributed by atoms with van der Waals surface area (Å²) in [5, 5.41) is 6.70. The summed E-state index contributed by atoms with van der Waals surface area (Å²) in [5.41, 5.74) is 6.24. The van der Waals surface area contributed by atoms with E-state index in [4.69, 9.17) is 5.73 Å². The van der Waals surface area contributed by atoms with Crippen LogP contribution in [0.15, 0.2) is 30.6 Å². The lowest BCUT2D eigenvalue weighted by molar-refractivity contribution is 0.102. The Hall–Kier alpha value is -2.65. The molecule has 108 valence electrons. The average molecular weight is 286 g/mol. The number of benzene rings is 1. The van der Waals surface area contributed by atoms with E-state index < -0.39 is 11.7 Å². The molecule has 0 aliphatic heterocycles. The second kappa shape index (κ2) is 6.68. The molecule has 1 aromatic heterocycles. The van der Waals surface area contributed by atoms with Crippen LogP contribution in [-0.2, 0) is 6.54 Å². The van der Waals surface area contributed by atoms with Gasteiger partial charge >= 0.3 is 0 Å². The molecule has 5 nitrogen and oxygen atoms in total. The van der Waals surface area contributed by atoms with Crippen molar-refractivity contribution in [3.8, 4) is 11.8 Å². The Balaban J connectivity index is 2.14. The van der Waals surface area contributed by atoms with Gasteiger partial charge in [0.05, 0.1) is 24.0 Å². The third kappa shape index (κ3) is 3.68. The monoisotopic (exact) mass is 286 g/mol. The van der Waals surface area contributed by atoms with E-state index in [-0.39, 0.29) is 17.7 Å². The number of carbonyl (C=O) groups is 1. The minimum atomic E-state index is -0.548. The zero-order valence-corrected chi connectivity index (χ0v) is 11.6. The van der Waals surface area contributed by atoms with Crippen molar-refractivity contribution in [1.82, 2.24) is 9.78 Å². The van der Waals surface area contributed by atoms with Gasteiger partial charge in [-0.1, -0.05) is 11.8 Å². The average Bonchev–Trinajstić information content (AvgIpc) is 2.93. The molecule has 6 heteroatoms. The molecule has 0 radical (unpaired) electrons. The molecule has 1 heterocycles. The van der Waals surface area contributed by atoms with Crippen molar-refractivity contribution in [3.05, 3.63) is 47.5 Å². The minimum Gasteiger partial charge on any atom is -0.320 e. The topological polar surface area (TPSA) is 72.9 Å². The first-order chi connectivity index (χ1) is 10.1. The summed E-state index contributed by atoms with van der Waals surface area (Å²) in [4.78, 5) is 12.0. The minimum absolute atomic E-state index is 0.156. The van der Waals surface area contributed by atoms with Crippen molar-refractivity contribution in [1.29, 1.82) is 0 Å². The third-order valence-corrected chi connectivity index (χ3v) is 2.77. The fourth-order valence-corrected chi connectivity index (χ4v) is 1.71. The number of aryl methyl sites for hydroxylation is 1. The molecule has 0 atom stereocenters. The van der Waals surface area contributed by atoms with Crippen LogP contribution < -0.4 is 11.1 Å². The maximum atomic E-state index is 13.8. The number of hydrogen-bond acceptors (Lipinski definition) is 3. The van der Waals surface area contributed by atoms with Crippen LogP contribution in [0, 0.1) is 17.7 Å². The van der Waals surface area contributed by atoms with E-state index in [0.717, 1.165) is 6.07 Å². The number of hydrogen-bond donors (Lipinski definition) is 2. The van der Waals surface area contributed by atoms with Crippen LogP contribution in [0.3, 0.4) is 0 Å². The Morgan fingerprint density at radius 1 is 1.52 bits per heavy atom. The van der Waals surface area contributed by atoms with Gasteiger partial charge in [-0.15, -0.1) is 0 Å². The summed E-state index contributed by atoms with van der Waals surface area (Å²) in [6, 6.07) is 4.13. The fraction of sp³-hybridized carbons (Fsp3) is 0.200. The van der Waals surface area contributed by atoms with Crippen LogP contribution in [0.25, 0.3) is 0 Å². The molecule has 0 saturated carbocycles. The summed E-state index contributed by atoms with van der Waals surface area (Å²) in [7, 11) is 0. The molecular formula is C15H15FN4O. The number of carbonyl (C=O) groups excluding carboxylic acids is 1. The predicted octanol–water partition coefficient (Wildman–Crippen LogP) is 1.60. The molecule has 1 amide bonds. The number of rotatable bonds is 3. The molecule has 0 spiro atoms. The van der Waals surface area contributed by atoms with Crippen molar-refractivity contribution < 1.29 is 9.18 Å². The predicted molar refractivity (Wildman–Crippen MR) is 78.2 cm³/mol. The van der Waals surface area contributed by atoms with Gasteiger partial charge in [0.25, 0.3) is 5.91 Å². The Kier molecular flexibility index (Phi) is 4.69. The maximum absolute atomic E-state index is 13.8. The van der Waals surface area contributed by atoms with Crippen LogP contribution in [0.1, 0.15) is 22.8 Å². The lowest BCUT2D eigenvalue weighted by atomic mass is 10.1. The van der Waals surface area contributed by atoms with Crippen LogP contribution in [0.5, 0.6) is 0 Å². The standard InChI is InChI=1S/C15H15FN4O/c1-2-20-10-13(9-18-20)19-15(21)12-6-5-11(4-3-7-17)14(16)8-12/h5-6,8-10H,2,7,17H2,1H3,(H,19,21). The summed E-state index contributed by atoms with van der Waals surface area (Å²) in [6.07, 6.45) is 3.24. The summed E-state index contributed by atoms with van der Waals surface area (Å²) >= 11 is 0. The molecular weight excluding hydrogens is 271 g/mol. The van der Waals surface area contributed by atoms with Gasteiger partial charge in [-0.2, -0.15) is 5.10 Å². The number of halogens is 1. The highest BCUT2D eigenvalue weighted by atomic mass is 19.1. The molecule has 0 aliphatic carbocycles. The molecule has 2 rings (SSSR count). The van der Waals surface area contributed by atoms with Gasteiger partial charge in [-0.25, -0.2) is 4.39 Å². The highest BCUT2D eigenvalue weighted by Crippen LogP contribution is 2.12. The van der Waals surface area contributed by atoms with Gasteiger partial charge < -0.3 is 11.1 Å². The summed E-state index contributed by atoms with van der Waals surface area (Å²) in [5.74, 6) is 4.23. The van der Waals surface area contributed by atoms with Crippen molar-refractivity contribution in [2.75, 3.05) is 11.9 Å². The smallest absolute Gasteiger partial charge is 0.255 e. The van der Waals surface area contributed by atoms with Crippen LogP contribution in [0.4, 0.5) is 10.1 Å². The van der Waals surface area contributed by atoms with E-state index in [2.05, 4.69) is 22.3 Å². The molecule has 0 bridgehead atoms. The largest absolute Gasteiger partial charge is 0.320 e. The Morgan fingerprint density at radius 3 is 2.95 bits per heavy atom. The number of amides is 1. The zero-order valence-electron chi connectivity index (χ0n) is 11.6. The summed E-state index contributed by atoms with van der Waals surface area (Å²) in [6.45, 7) is 2.80. The Bertz CT molecular complexity index is 712. The van der Waals surface area contributed by atoms with E-state index in [9.17, 15) is 9.18 Å². The molecule has 2 aromatic rings. The van der Waals surface area contributed by atoms with Crippen molar-refractivity contribution in [2.24, 2.45) is 5.73 Å². The van der Waals surface area contributed by atoms with Gasteiger partial charge in [0.1, 0.15) is 5.82 Å². The van der Waals surface area contributed by atoms with Crippen LogP contribution >= 0.6 is 0 Å². The molecule has 0 unspecified atom stereocenters. The highest BCUT2D eigenvalue weighted by Gasteiger charge is 2.10. The molecule has 1 aromatic carbocycles. The maximum Gasteiger partial charge on any atom is 0.255 e. The van der Waals surface area contributed by atoms with E-state index >= 15 is 0 Å². The van der Waals surface area contributed by atoms with Crippen molar-refractivity contribution in [3.63, 3.8) is 0 Å². The lowest BCUT2D eigenvalue weighted by Crippen LogP contribution is -2.12. The second-order valence-corrected chi connectivity index (χ2v) is 4.24. The molecule has 3 N–H and O–H groups in total. The first-order valence-electron chi connectivity index (χ1n) is 6.46. The van der Waals surface area contributed by atoms with Crippen molar-refractivity contribution in [2.45, 2.75) is 13.5 Å². The van der Waals surface area contributed by atoms with Gasteiger partial charge in [0.2, 0.25) is 0 Å². The first-order valence-corrected chi connectivity index (χ1v) is 6.46. The van der Waals surface area contributed by atoms with E-state index in [1.807, 2.05) is 6.92 Å². The first kappa shape index (κ1) is 14.8. The molecule has 21 heavy (non-hydrogen) atoms. The van der Waals surface area contributed by atoms with E-state index in [0.29, 0.717) is 12.2 Å². The quantitative estimate of drug-likeness (QED) is 0.842. The lowest BCUT2D eigenvalue weighted by Gasteiger charge is -2.03. The highest BCUT2D eigenvalue weighted by molar-refractivity contribution is 6.04. The molecule has 0 aliphatic rings. The van der Waals surface area contributed by atoms with E-state index in [1.54, 1.807) is 17.1 Å². The van der Waals surface area contributed by atoms with Gasteiger partial charge in [-0.3, -0.25) is 9.48 Å². The SMILES string of the molecule is CCn1cc(NC(=O)c2ccc(C#CCN)c(F)c2)cn1. The van der Waals surface area contributed by atoms with Gasteiger partial charge in [-0.05, 0) is 25.1 Å². The number of aromatic nitrogens is 2. The van der Waals surface area contributed by atoms with Crippen molar-refractivity contribution >= 4 is 11.6 Å².